The molecule has 200 valence electrons. The minimum atomic E-state index is -4.32. The summed E-state index contributed by atoms with van der Waals surface area (Å²) in [5.74, 6) is -2.46. The topological polar surface area (TPSA) is 143 Å². The Kier molecular flexibility index (Phi) is 6.66. The summed E-state index contributed by atoms with van der Waals surface area (Å²) >= 11 is 0. The molecule has 2 aliphatic heterocycles. The predicted molar refractivity (Wildman–Crippen MR) is 133 cm³/mol. The lowest BCUT2D eigenvalue weighted by molar-refractivity contribution is 0.0988. The van der Waals surface area contributed by atoms with Gasteiger partial charge in [0.1, 0.15) is 27.6 Å². The lowest BCUT2D eigenvalue weighted by Crippen LogP contribution is -2.66. The Hall–Kier alpha value is -2.97. The molecule has 0 unspecified atom stereocenters. The number of aliphatic imine (C=N–C) groups is 1. The highest BCUT2D eigenvalue weighted by Crippen LogP contribution is 2.52. The fourth-order valence-corrected chi connectivity index (χ4v) is 8.36. The number of rotatable bonds is 6. The number of ketones is 1. The molecule has 4 rings (SSSR count). The van der Waals surface area contributed by atoms with Crippen LogP contribution in [-0.2, 0) is 32.0 Å². The van der Waals surface area contributed by atoms with Gasteiger partial charge in [0.05, 0.1) is 11.9 Å². The van der Waals surface area contributed by atoms with E-state index < -0.39 is 54.3 Å². The highest BCUT2D eigenvalue weighted by molar-refractivity contribution is 7.91. The molecule has 0 amide bonds. The molecule has 3 heterocycles. The van der Waals surface area contributed by atoms with E-state index >= 15 is 4.39 Å². The van der Waals surface area contributed by atoms with Gasteiger partial charge in [-0.2, -0.15) is 0 Å². The highest BCUT2D eigenvalue weighted by atomic mass is 32.2. The number of aromatic nitrogens is 1. The van der Waals surface area contributed by atoms with Gasteiger partial charge in [0.15, 0.2) is 5.78 Å². The summed E-state index contributed by atoms with van der Waals surface area (Å²) in [5.41, 5.74) is 4.36. The molecular weight excluding hydrogens is 528 g/mol. The largest absolute Gasteiger partial charge is 0.369 e. The maximum absolute atomic E-state index is 15.4. The first-order chi connectivity index (χ1) is 17.2. The predicted octanol–water partition coefficient (Wildman–Crippen LogP) is 1.38. The fourth-order valence-electron chi connectivity index (χ4n) is 4.99. The van der Waals surface area contributed by atoms with E-state index in [9.17, 15) is 26.0 Å². The number of sulfonamides is 2. The SMILES string of the molecule is CCS(=O)(=O)N1CC[C@]2(C1)[C@@](C)(c1cc(CC(=O)c3ccc(F)cn3)ccc1F)N=C(N)N(C)S2(=O)=O. The first-order valence-corrected chi connectivity index (χ1v) is 14.5. The minimum absolute atomic E-state index is 0.00954. The molecule has 2 N–H and O–H groups in total. The summed E-state index contributed by atoms with van der Waals surface area (Å²) in [7, 11) is -6.86. The molecule has 0 saturated carbocycles. The van der Waals surface area contributed by atoms with Crippen LogP contribution in [0.3, 0.4) is 0 Å². The van der Waals surface area contributed by atoms with E-state index in [4.69, 9.17) is 5.73 Å². The molecule has 2 aromatic rings. The van der Waals surface area contributed by atoms with Crippen molar-refractivity contribution in [3.63, 3.8) is 0 Å². The van der Waals surface area contributed by atoms with Crippen LogP contribution in [0.1, 0.15) is 41.9 Å². The fraction of sp³-hybridized carbons (Fsp3) is 0.435. The normalized spacial score (nSPS) is 25.9. The molecule has 2 atom stereocenters. The van der Waals surface area contributed by atoms with Gasteiger partial charge in [-0.15, -0.1) is 0 Å². The van der Waals surface area contributed by atoms with Crippen LogP contribution in [0.15, 0.2) is 41.5 Å². The van der Waals surface area contributed by atoms with Gasteiger partial charge in [-0.1, -0.05) is 6.07 Å². The molecule has 10 nitrogen and oxygen atoms in total. The number of hydrogen-bond donors (Lipinski definition) is 1. The average molecular weight is 556 g/mol. The Morgan fingerprint density at radius 1 is 1.22 bits per heavy atom. The molecular formula is C23H27F2N5O5S2. The number of carbonyl (C=O) groups excluding carboxylic acids is 1. The molecule has 37 heavy (non-hydrogen) atoms. The average Bonchev–Trinajstić information content (AvgIpc) is 3.33. The van der Waals surface area contributed by atoms with Crippen molar-refractivity contribution >= 4 is 31.8 Å². The van der Waals surface area contributed by atoms with E-state index in [0.29, 0.717) is 5.56 Å². The van der Waals surface area contributed by atoms with Gasteiger partial charge >= 0.3 is 0 Å². The van der Waals surface area contributed by atoms with Gasteiger partial charge in [0, 0.05) is 32.1 Å². The number of hydrogen-bond acceptors (Lipinski definition) is 8. The second-order valence-electron chi connectivity index (χ2n) is 9.27. The number of halogens is 2. The van der Waals surface area contributed by atoms with Gasteiger partial charge in [0.25, 0.3) is 0 Å². The van der Waals surface area contributed by atoms with E-state index in [1.54, 1.807) is 0 Å². The van der Waals surface area contributed by atoms with Crippen molar-refractivity contribution in [2.75, 3.05) is 25.9 Å². The lowest BCUT2D eigenvalue weighted by Gasteiger charge is -2.48. The van der Waals surface area contributed by atoms with Crippen LogP contribution in [0, 0.1) is 11.6 Å². The third-order valence-corrected chi connectivity index (χ3v) is 11.7. The first kappa shape index (κ1) is 27.1. The summed E-state index contributed by atoms with van der Waals surface area (Å²) in [4.78, 5) is 20.9. The smallest absolute Gasteiger partial charge is 0.247 e. The first-order valence-electron chi connectivity index (χ1n) is 11.4. The summed E-state index contributed by atoms with van der Waals surface area (Å²) in [6.45, 7) is 2.33. The second kappa shape index (κ2) is 9.10. The van der Waals surface area contributed by atoms with Crippen molar-refractivity contribution in [2.24, 2.45) is 10.7 Å². The molecule has 0 radical (unpaired) electrons. The maximum atomic E-state index is 15.4. The number of nitrogens with zero attached hydrogens (tertiary/aromatic N) is 4. The zero-order valence-electron chi connectivity index (χ0n) is 20.5. The van der Waals surface area contributed by atoms with Crippen molar-refractivity contribution in [2.45, 2.75) is 37.0 Å². The number of carbonyl (C=O) groups is 1. The number of guanidine groups is 1. The molecule has 1 aromatic carbocycles. The van der Waals surface area contributed by atoms with E-state index in [2.05, 4.69) is 9.98 Å². The van der Waals surface area contributed by atoms with Gasteiger partial charge in [0.2, 0.25) is 26.0 Å². The van der Waals surface area contributed by atoms with E-state index in [1.165, 1.54) is 39.1 Å². The molecule has 0 aliphatic carbocycles. The molecule has 1 saturated heterocycles. The van der Waals surface area contributed by atoms with Crippen molar-refractivity contribution in [1.29, 1.82) is 0 Å². The van der Waals surface area contributed by atoms with Crippen LogP contribution in [-0.4, -0.2) is 72.8 Å². The molecule has 1 spiro atoms. The van der Waals surface area contributed by atoms with E-state index in [0.717, 1.165) is 26.9 Å². The third-order valence-electron chi connectivity index (χ3n) is 7.29. The number of benzene rings is 1. The number of nitrogens with two attached hydrogens (primary N) is 1. The zero-order chi connectivity index (χ0) is 27.4. The monoisotopic (exact) mass is 555 g/mol. The standard InChI is InChI=1S/C23H27F2N5O5S2/c1-4-36(32,33)30-10-9-23(14-30)22(2,28-21(26)29(3)37(23,34)35)17-11-15(5-7-18(17)25)12-20(31)19-8-6-16(24)13-27-19/h5-8,11,13H,4,9-10,12,14H2,1-3H3,(H2,26,28)/t22-,23+/m1/s1. The van der Waals surface area contributed by atoms with Crippen LogP contribution >= 0.6 is 0 Å². The van der Waals surface area contributed by atoms with Crippen molar-refractivity contribution in [3.05, 3.63) is 65.0 Å². The van der Waals surface area contributed by atoms with Crippen LogP contribution in [0.2, 0.25) is 0 Å². The van der Waals surface area contributed by atoms with Crippen LogP contribution in [0.4, 0.5) is 8.78 Å². The van der Waals surface area contributed by atoms with Crippen LogP contribution in [0.25, 0.3) is 0 Å². The Labute approximate surface area is 214 Å². The van der Waals surface area contributed by atoms with Crippen LogP contribution in [0.5, 0.6) is 0 Å². The van der Waals surface area contributed by atoms with Gasteiger partial charge < -0.3 is 5.73 Å². The molecule has 0 bridgehead atoms. The van der Waals surface area contributed by atoms with Crippen LogP contribution < -0.4 is 5.73 Å². The Bertz CT molecular complexity index is 1500. The maximum Gasteiger partial charge on any atom is 0.247 e. The Balaban J connectivity index is 1.84. The van der Waals surface area contributed by atoms with Gasteiger partial charge in [-0.3, -0.25) is 9.78 Å². The molecule has 1 aromatic heterocycles. The summed E-state index contributed by atoms with van der Waals surface area (Å²) in [6.07, 6.45) is 0.538. The molecule has 1 fully saturated rings. The van der Waals surface area contributed by atoms with Crippen molar-refractivity contribution < 1.29 is 30.4 Å². The summed E-state index contributed by atoms with van der Waals surface area (Å²) in [6, 6.07) is 6.13. The number of Topliss-reactive ketones (excluding diaryl/α,β-unsaturated/α-hetero) is 1. The summed E-state index contributed by atoms with van der Waals surface area (Å²) in [5, 5.41) is 0. The second-order valence-corrected chi connectivity index (χ2v) is 13.8. The minimum Gasteiger partial charge on any atom is -0.369 e. The zero-order valence-corrected chi connectivity index (χ0v) is 22.1. The number of pyridine rings is 1. The summed E-state index contributed by atoms with van der Waals surface area (Å²) < 4.78 is 81.5. The highest BCUT2D eigenvalue weighted by Gasteiger charge is 2.67. The Morgan fingerprint density at radius 3 is 2.54 bits per heavy atom. The van der Waals surface area contributed by atoms with Gasteiger partial charge in [-0.25, -0.2) is 39.2 Å². The van der Waals surface area contributed by atoms with Gasteiger partial charge in [-0.05, 0) is 50.1 Å². The molecule has 2 aliphatic rings. The van der Waals surface area contributed by atoms with Crippen molar-refractivity contribution in [3.8, 4) is 0 Å². The quantitative estimate of drug-likeness (QED) is 0.531. The van der Waals surface area contributed by atoms with Crippen molar-refractivity contribution in [1.82, 2.24) is 13.6 Å². The van der Waals surface area contributed by atoms with E-state index in [-0.39, 0.29) is 42.4 Å². The Morgan fingerprint density at radius 2 is 1.92 bits per heavy atom. The lowest BCUT2D eigenvalue weighted by atomic mass is 9.77. The third kappa shape index (κ3) is 4.20. The molecule has 14 heteroatoms. The van der Waals surface area contributed by atoms with E-state index in [1.807, 2.05) is 0 Å².